The van der Waals surface area contributed by atoms with E-state index < -0.39 is 0 Å². The summed E-state index contributed by atoms with van der Waals surface area (Å²) in [6.07, 6.45) is 1.88. The third-order valence-corrected chi connectivity index (χ3v) is 2.46. The third-order valence-electron chi connectivity index (χ3n) is 2.46. The number of nitrogens with two attached hydrogens (primary N) is 1. The maximum Gasteiger partial charge on any atom is 0.217 e. The minimum absolute atomic E-state index is 0.0422. The molecule has 1 saturated heterocycles. The third kappa shape index (κ3) is 2.90. The maximum atomic E-state index is 10.8. The molecule has 1 rings (SSSR count). The first-order valence-corrected chi connectivity index (χ1v) is 4.87. The lowest BCUT2D eigenvalue weighted by atomic mass is 10.1. The first kappa shape index (κ1) is 10.8. The molecule has 0 aromatic heterocycles. The summed E-state index contributed by atoms with van der Waals surface area (Å²) in [4.78, 5) is 16.8. The van der Waals surface area contributed by atoms with Crippen LogP contribution >= 0.6 is 0 Å². The van der Waals surface area contributed by atoms with Gasteiger partial charge in [0.25, 0.3) is 0 Å². The van der Waals surface area contributed by atoms with Crippen LogP contribution in [-0.2, 0) is 4.79 Å². The molecule has 5 nitrogen and oxygen atoms in total. The fourth-order valence-electron chi connectivity index (χ4n) is 1.68. The van der Waals surface area contributed by atoms with Crippen molar-refractivity contribution in [3.63, 3.8) is 0 Å². The molecule has 0 aliphatic carbocycles. The highest BCUT2D eigenvalue weighted by Crippen LogP contribution is 2.09. The summed E-state index contributed by atoms with van der Waals surface area (Å²) in [7, 11) is 1.69. The molecule has 0 radical (unpaired) electrons. The SMILES string of the molecule is CN=C(N)N1CCC(NC(C)=O)CC1. The first-order valence-electron chi connectivity index (χ1n) is 4.87. The number of carbonyl (C=O) groups is 1. The molecule has 0 saturated carbocycles. The second-order valence-electron chi connectivity index (χ2n) is 3.54. The van der Waals surface area contributed by atoms with Gasteiger partial charge in [0.05, 0.1) is 0 Å². The zero-order valence-corrected chi connectivity index (χ0v) is 8.79. The average Bonchev–Trinajstić information content (AvgIpc) is 2.17. The Kier molecular flexibility index (Phi) is 3.73. The van der Waals surface area contributed by atoms with Crippen molar-refractivity contribution < 1.29 is 4.79 Å². The van der Waals surface area contributed by atoms with Crippen LogP contribution in [0.25, 0.3) is 0 Å². The summed E-state index contributed by atoms with van der Waals surface area (Å²) in [5, 5.41) is 2.91. The largest absolute Gasteiger partial charge is 0.370 e. The molecular weight excluding hydrogens is 180 g/mol. The number of piperidine rings is 1. The fourth-order valence-corrected chi connectivity index (χ4v) is 1.68. The van der Waals surface area contributed by atoms with Crippen molar-refractivity contribution in [2.45, 2.75) is 25.8 Å². The van der Waals surface area contributed by atoms with Gasteiger partial charge in [-0.15, -0.1) is 0 Å². The molecule has 1 fully saturated rings. The highest BCUT2D eigenvalue weighted by molar-refractivity contribution is 5.78. The number of rotatable bonds is 1. The molecule has 0 aromatic rings. The molecular formula is C9H18N4O. The monoisotopic (exact) mass is 198 g/mol. The quantitative estimate of drug-likeness (QED) is 0.442. The minimum atomic E-state index is 0.0422. The van der Waals surface area contributed by atoms with Gasteiger partial charge >= 0.3 is 0 Å². The summed E-state index contributed by atoms with van der Waals surface area (Å²) in [6, 6.07) is 0.299. The maximum absolute atomic E-state index is 10.8. The minimum Gasteiger partial charge on any atom is -0.370 e. The van der Waals surface area contributed by atoms with Gasteiger partial charge in [-0.05, 0) is 12.8 Å². The number of aliphatic imine (C=N–C) groups is 1. The normalized spacial score (nSPS) is 19.6. The summed E-state index contributed by atoms with van der Waals surface area (Å²) >= 11 is 0. The molecule has 80 valence electrons. The van der Waals surface area contributed by atoms with E-state index in [1.165, 1.54) is 0 Å². The van der Waals surface area contributed by atoms with Crippen molar-refractivity contribution >= 4 is 11.9 Å². The lowest BCUT2D eigenvalue weighted by molar-refractivity contribution is -0.119. The van der Waals surface area contributed by atoms with Crippen LogP contribution in [0.5, 0.6) is 0 Å². The van der Waals surface area contributed by atoms with Crippen LogP contribution < -0.4 is 11.1 Å². The topological polar surface area (TPSA) is 70.7 Å². The average molecular weight is 198 g/mol. The van der Waals surface area contributed by atoms with Gasteiger partial charge in [0.15, 0.2) is 5.96 Å². The van der Waals surface area contributed by atoms with Crippen LogP contribution in [0.4, 0.5) is 0 Å². The van der Waals surface area contributed by atoms with Crippen LogP contribution in [0.15, 0.2) is 4.99 Å². The van der Waals surface area contributed by atoms with E-state index >= 15 is 0 Å². The fraction of sp³-hybridized carbons (Fsp3) is 0.778. The molecule has 0 unspecified atom stereocenters. The summed E-state index contributed by atoms with van der Waals surface area (Å²) in [5.74, 6) is 0.631. The van der Waals surface area contributed by atoms with Crippen LogP contribution in [0.3, 0.4) is 0 Å². The Morgan fingerprint density at radius 3 is 2.50 bits per heavy atom. The van der Waals surface area contributed by atoms with Crippen LogP contribution in [-0.4, -0.2) is 42.9 Å². The number of nitrogens with one attached hydrogen (secondary N) is 1. The van der Waals surface area contributed by atoms with Crippen molar-refractivity contribution in [3.05, 3.63) is 0 Å². The highest BCUT2D eigenvalue weighted by atomic mass is 16.1. The van der Waals surface area contributed by atoms with Crippen LogP contribution in [0, 0.1) is 0 Å². The summed E-state index contributed by atoms with van der Waals surface area (Å²) < 4.78 is 0. The van der Waals surface area contributed by atoms with E-state index in [0.717, 1.165) is 25.9 Å². The van der Waals surface area contributed by atoms with Gasteiger partial charge in [-0.25, -0.2) is 0 Å². The van der Waals surface area contributed by atoms with Gasteiger partial charge in [0.1, 0.15) is 0 Å². The van der Waals surface area contributed by atoms with E-state index in [0.29, 0.717) is 12.0 Å². The number of nitrogens with zero attached hydrogens (tertiary/aromatic N) is 2. The van der Waals surface area contributed by atoms with E-state index in [1.54, 1.807) is 14.0 Å². The molecule has 0 bridgehead atoms. The van der Waals surface area contributed by atoms with Crippen molar-refractivity contribution in [2.75, 3.05) is 20.1 Å². The Morgan fingerprint density at radius 2 is 2.07 bits per heavy atom. The Labute approximate surface area is 84.4 Å². The van der Waals surface area contributed by atoms with Crippen LogP contribution in [0.2, 0.25) is 0 Å². The molecule has 0 aromatic carbocycles. The van der Waals surface area contributed by atoms with E-state index in [2.05, 4.69) is 10.3 Å². The molecule has 1 aliphatic rings. The Bertz CT molecular complexity index is 231. The van der Waals surface area contributed by atoms with Gasteiger partial charge in [-0.1, -0.05) is 0 Å². The van der Waals surface area contributed by atoms with Crippen molar-refractivity contribution in [2.24, 2.45) is 10.7 Å². The number of hydrogen-bond acceptors (Lipinski definition) is 2. The second-order valence-corrected chi connectivity index (χ2v) is 3.54. The summed E-state index contributed by atoms with van der Waals surface area (Å²) in [5.41, 5.74) is 5.68. The molecule has 0 spiro atoms. The number of hydrogen-bond donors (Lipinski definition) is 2. The Balaban J connectivity index is 2.35. The van der Waals surface area contributed by atoms with E-state index in [4.69, 9.17) is 5.73 Å². The lowest BCUT2D eigenvalue weighted by Crippen LogP contribution is -2.48. The molecule has 3 N–H and O–H groups in total. The number of carbonyl (C=O) groups excluding carboxylic acids is 1. The van der Waals surface area contributed by atoms with E-state index in [1.807, 2.05) is 4.90 Å². The molecule has 1 aliphatic heterocycles. The predicted molar refractivity (Wildman–Crippen MR) is 56.0 cm³/mol. The van der Waals surface area contributed by atoms with Gasteiger partial charge in [0.2, 0.25) is 5.91 Å². The summed E-state index contributed by atoms with van der Waals surface area (Å²) in [6.45, 7) is 3.29. The number of amides is 1. The first-order chi connectivity index (χ1) is 6.63. The number of likely N-dealkylation sites (tertiary alicyclic amines) is 1. The van der Waals surface area contributed by atoms with Gasteiger partial charge in [-0.3, -0.25) is 9.79 Å². The van der Waals surface area contributed by atoms with Crippen LogP contribution in [0.1, 0.15) is 19.8 Å². The molecule has 1 amide bonds. The predicted octanol–water partition coefficient (Wildman–Crippen LogP) is -0.469. The second kappa shape index (κ2) is 4.83. The van der Waals surface area contributed by atoms with Gasteiger partial charge in [-0.2, -0.15) is 0 Å². The molecule has 1 heterocycles. The lowest BCUT2D eigenvalue weighted by Gasteiger charge is -2.32. The highest BCUT2D eigenvalue weighted by Gasteiger charge is 2.20. The van der Waals surface area contributed by atoms with Gasteiger partial charge in [0, 0.05) is 33.1 Å². The standard InChI is InChI=1S/C9H18N4O/c1-7(14)12-8-3-5-13(6-4-8)9(10)11-2/h8H,3-6H2,1-2H3,(H2,10,11)(H,12,14). The zero-order valence-electron chi connectivity index (χ0n) is 8.79. The Morgan fingerprint density at radius 1 is 1.50 bits per heavy atom. The molecule has 5 heteroatoms. The van der Waals surface area contributed by atoms with E-state index in [9.17, 15) is 4.79 Å². The Hall–Kier alpha value is -1.26. The van der Waals surface area contributed by atoms with Crippen molar-refractivity contribution in [1.82, 2.24) is 10.2 Å². The zero-order chi connectivity index (χ0) is 10.6. The molecule has 14 heavy (non-hydrogen) atoms. The van der Waals surface area contributed by atoms with Gasteiger partial charge < -0.3 is 16.0 Å². The smallest absolute Gasteiger partial charge is 0.217 e. The molecule has 0 atom stereocenters. The van der Waals surface area contributed by atoms with E-state index in [-0.39, 0.29) is 5.91 Å². The van der Waals surface area contributed by atoms with Crippen molar-refractivity contribution in [3.8, 4) is 0 Å². The number of guanidine groups is 1. The van der Waals surface area contributed by atoms with Crippen molar-refractivity contribution in [1.29, 1.82) is 0 Å².